The molecule has 2 rings (SSSR count). The normalized spacial score (nSPS) is 17.7. The summed E-state index contributed by atoms with van der Waals surface area (Å²) in [5.41, 5.74) is 7.63. The van der Waals surface area contributed by atoms with Crippen molar-refractivity contribution in [2.45, 2.75) is 51.6 Å². The molecule has 0 spiro atoms. The Morgan fingerprint density at radius 1 is 1.33 bits per heavy atom. The molecule has 0 unspecified atom stereocenters. The van der Waals surface area contributed by atoms with Crippen molar-refractivity contribution in [3.63, 3.8) is 0 Å². The molecule has 1 aliphatic carbocycles. The molecular weight excluding hydrogens is 226 g/mol. The minimum Gasteiger partial charge on any atom is -0.370 e. The van der Waals surface area contributed by atoms with E-state index in [1.165, 1.54) is 32.1 Å². The summed E-state index contributed by atoms with van der Waals surface area (Å²) < 4.78 is 0. The van der Waals surface area contributed by atoms with E-state index < -0.39 is 0 Å². The van der Waals surface area contributed by atoms with Crippen LogP contribution in [-0.4, -0.2) is 22.0 Å². The van der Waals surface area contributed by atoms with Gasteiger partial charge in [-0.3, -0.25) is 9.97 Å². The Morgan fingerprint density at radius 2 is 2.11 bits per heavy atom. The lowest BCUT2D eigenvalue weighted by molar-refractivity contribution is 0.412. The van der Waals surface area contributed by atoms with Crippen LogP contribution >= 0.6 is 0 Å². The molecule has 0 atom stereocenters. The molecular formula is C13H21N5. The van der Waals surface area contributed by atoms with Crippen LogP contribution in [-0.2, 0) is 6.54 Å². The monoisotopic (exact) mass is 247 g/mol. The Hall–Kier alpha value is -1.65. The van der Waals surface area contributed by atoms with E-state index in [0.717, 1.165) is 11.4 Å². The van der Waals surface area contributed by atoms with Crippen LogP contribution in [0.5, 0.6) is 0 Å². The number of nitrogens with two attached hydrogens (primary N) is 1. The number of aromatic nitrogens is 2. The van der Waals surface area contributed by atoms with Crippen molar-refractivity contribution >= 4 is 5.96 Å². The second kappa shape index (κ2) is 6.33. The van der Waals surface area contributed by atoms with Crippen molar-refractivity contribution in [3.8, 4) is 0 Å². The summed E-state index contributed by atoms with van der Waals surface area (Å²) >= 11 is 0. The number of aliphatic imine (C=N–C) groups is 1. The van der Waals surface area contributed by atoms with Gasteiger partial charge in [0.2, 0.25) is 0 Å². The van der Waals surface area contributed by atoms with E-state index in [1.807, 2.05) is 6.92 Å². The van der Waals surface area contributed by atoms with Crippen LogP contribution in [0.1, 0.15) is 43.5 Å². The van der Waals surface area contributed by atoms with Crippen molar-refractivity contribution in [2.75, 3.05) is 0 Å². The van der Waals surface area contributed by atoms with Crippen LogP contribution in [0.25, 0.3) is 0 Å². The van der Waals surface area contributed by atoms with Crippen LogP contribution < -0.4 is 11.1 Å². The Balaban J connectivity index is 1.82. The zero-order chi connectivity index (χ0) is 12.8. The van der Waals surface area contributed by atoms with Gasteiger partial charge in [-0.2, -0.15) is 0 Å². The second-order valence-corrected chi connectivity index (χ2v) is 4.83. The number of rotatable bonds is 3. The first kappa shape index (κ1) is 12.8. The van der Waals surface area contributed by atoms with Gasteiger partial charge < -0.3 is 11.1 Å². The largest absolute Gasteiger partial charge is 0.370 e. The van der Waals surface area contributed by atoms with Gasteiger partial charge in [0.05, 0.1) is 24.1 Å². The van der Waals surface area contributed by atoms with Crippen molar-refractivity contribution in [3.05, 3.63) is 23.8 Å². The van der Waals surface area contributed by atoms with Crippen LogP contribution in [0.4, 0.5) is 0 Å². The van der Waals surface area contributed by atoms with Gasteiger partial charge in [0.1, 0.15) is 0 Å². The van der Waals surface area contributed by atoms with Crippen molar-refractivity contribution in [2.24, 2.45) is 10.7 Å². The van der Waals surface area contributed by atoms with E-state index in [-0.39, 0.29) is 0 Å². The Kier molecular flexibility index (Phi) is 4.50. The number of aryl methyl sites for hydroxylation is 1. The number of hydrogen-bond acceptors (Lipinski definition) is 3. The molecule has 5 heteroatoms. The summed E-state index contributed by atoms with van der Waals surface area (Å²) in [4.78, 5) is 12.7. The Bertz CT molecular complexity index is 392. The summed E-state index contributed by atoms with van der Waals surface area (Å²) in [7, 11) is 0. The Labute approximate surface area is 108 Å². The molecule has 0 aromatic carbocycles. The lowest BCUT2D eigenvalue weighted by Gasteiger charge is -2.23. The van der Waals surface area contributed by atoms with E-state index in [9.17, 15) is 0 Å². The van der Waals surface area contributed by atoms with Crippen LogP contribution in [0.2, 0.25) is 0 Å². The number of guanidine groups is 1. The van der Waals surface area contributed by atoms with Gasteiger partial charge in [0, 0.05) is 12.2 Å². The molecule has 1 aliphatic rings. The van der Waals surface area contributed by atoms with Gasteiger partial charge in [-0.25, -0.2) is 4.99 Å². The number of nitrogens with zero attached hydrogens (tertiary/aromatic N) is 3. The lowest BCUT2D eigenvalue weighted by atomic mass is 9.96. The van der Waals surface area contributed by atoms with Gasteiger partial charge >= 0.3 is 0 Å². The molecule has 0 amide bonds. The van der Waals surface area contributed by atoms with Crippen molar-refractivity contribution < 1.29 is 0 Å². The predicted molar refractivity (Wildman–Crippen MR) is 72.1 cm³/mol. The first-order valence-electron chi connectivity index (χ1n) is 6.58. The maximum absolute atomic E-state index is 5.87. The molecule has 5 nitrogen and oxygen atoms in total. The summed E-state index contributed by atoms with van der Waals surface area (Å²) in [6, 6.07) is 0.492. The molecule has 0 saturated heterocycles. The van der Waals surface area contributed by atoms with Gasteiger partial charge in [0.25, 0.3) is 0 Å². The molecule has 3 N–H and O–H groups in total. The van der Waals surface area contributed by atoms with Gasteiger partial charge in [-0.1, -0.05) is 19.3 Å². The maximum Gasteiger partial charge on any atom is 0.189 e. The third-order valence-corrected chi connectivity index (χ3v) is 3.20. The first-order valence-corrected chi connectivity index (χ1v) is 6.58. The van der Waals surface area contributed by atoms with Crippen molar-refractivity contribution in [1.82, 2.24) is 15.3 Å². The summed E-state index contributed by atoms with van der Waals surface area (Å²) in [5, 5.41) is 3.28. The lowest BCUT2D eigenvalue weighted by Crippen LogP contribution is -2.41. The molecule has 1 aromatic heterocycles. The van der Waals surface area contributed by atoms with Crippen molar-refractivity contribution in [1.29, 1.82) is 0 Å². The molecule has 1 fully saturated rings. The van der Waals surface area contributed by atoms with Crippen LogP contribution in [0.3, 0.4) is 0 Å². The first-order chi connectivity index (χ1) is 8.74. The molecule has 18 heavy (non-hydrogen) atoms. The molecule has 1 heterocycles. The fraction of sp³-hybridized carbons (Fsp3) is 0.615. The summed E-state index contributed by atoms with van der Waals surface area (Å²) in [6.07, 6.45) is 9.79. The van der Waals surface area contributed by atoms with E-state index in [0.29, 0.717) is 18.5 Å². The smallest absolute Gasteiger partial charge is 0.189 e. The zero-order valence-electron chi connectivity index (χ0n) is 10.9. The zero-order valence-corrected chi connectivity index (χ0v) is 10.9. The highest BCUT2D eigenvalue weighted by atomic mass is 15.1. The standard InChI is InChI=1S/C13H21N5/c1-10-7-16-12(8-15-10)9-17-13(14)18-11-5-3-2-4-6-11/h7-8,11H,2-6,9H2,1H3,(H3,14,17,18). The minimum atomic E-state index is 0.485. The average Bonchev–Trinajstić information content (AvgIpc) is 2.39. The SMILES string of the molecule is Cc1cnc(CN=C(N)NC2CCCCC2)cn1. The molecule has 98 valence electrons. The van der Waals surface area contributed by atoms with Crippen LogP contribution in [0.15, 0.2) is 17.4 Å². The maximum atomic E-state index is 5.87. The van der Waals surface area contributed by atoms with E-state index in [1.54, 1.807) is 12.4 Å². The van der Waals surface area contributed by atoms with Crippen LogP contribution in [0, 0.1) is 6.92 Å². The highest BCUT2D eigenvalue weighted by molar-refractivity contribution is 5.78. The quantitative estimate of drug-likeness (QED) is 0.627. The summed E-state index contributed by atoms with van der Waals surface area (Å²) in [6.45, 7) is 2.40. The number of hydrogen-bond donors (Lipinski definition) is 2. The average molecular weight is 247 g/mol. The fourth-order valence-electron chi connectivity index (χ4n) is 2.17. The Morgan fingerprint density at radius 3 is 2.78 bits per heavy atom. The predicted octanol–water partition coefficient (Wildman–Crippen LogP) is 1.52. The van der Waals surface area contributed by atoms with Gasteiger partial charge in [0.15, 0.2) is 5.96 Å². The molecule has 0 bridgehead atoms. The van der Waals surface area contributed by atoms with E-state index in [2.05, 4.69) is 20.3 Å². The third-order valence-electron chi connectivity index (χ3n) is 3.20. The number of nitrogens with one attached hydrogen (secondary N) is 1. The highest BCUT2D eigenvalue weighted by Crippen LogP contribution is 2.16. The van der Waals surface area contributed by atoms with E-state index >= 15 is 0 Å². The molecule has 0 radical (unpaired) electrons. The minimum absolute atomic E-state index is 0.485. The van der Waals surface area contributed by atoms with Gasteiger partial charge in [-0.05, 0) is 19.8 Å². The van der Waals surface area contributed by atoms with Gasteiger partial charge in [-0.15, -0.1) is 0 Å². The highest BCUT2D eigenvalue weighted by Gasteiger charge is 2.13. The molecule has 1 saturated carbocycles. The van der Waals surface area contributed by atoms with E-state index in [4.69, 9.17) is 5.73 Å². The molecule has 1 aromatic rings. The molecule has 0 aliphatic heterocycles. The fourth-order valence-corrected chi connectivity index (χ4v) is 2.17. The third kappa shape index (κ3) is 3.98. The topological polar surface area (TPSA) is 76.2 Å². The second-order valence-electron chi connectivity index (χ2n) is 4.83. The summed E-state index contributed by atoms with van der Waals surface area (Å²) in [5.74, 6) is 0.518.